The van der Waals surface area contributed by atoms with Crippen molar-refractivity contribution in [3.05, 3.63) is 194 Å². The molecule has 0 amide bonds. The Morgan fingerprint density at radius 3 is 1.71 bits per heavy atom. The average Bonchev–Trinajstić information content (AvgIpc) is 3.75. The maximum atomic E-state index is 2.41. The van der Waals surface area contributed by atoms with Gasteiger partial charge in [-0.25, -0.2) is 0 Å². The van der Waals surface area contributed by atoms with Gasteiger partial charge < -0.3 is 9.47 Å². The maximum absolute atomic E-state index is 2.41. The summed E-state index contributed by atoms with van der Waals surface area (Å²) >= 11 is 1.85. The Morgan fingerprint density at radius 2 is 0.941 bits per heavy atom. The number of anilines is 3. The second-order valence-corrected chi connectivity index (χ2v) is 14.0. The summed E-state index contributed by atoms with van der Waals surface area (Å²) in [4.78, 5) is 2.38. The molecule has 0 saturated heterocycles. The molecule has 0 bridgehead atoms. The Hall–Kier alpha value is -6.42. The molecule has 0 N–H and O–H groups in total. The van der Waals surface area contributed by atoms with E-state index in [4.69, 9.17) is 0 Å². The smallest absolute Gasteiger partial charge is 0.0619 e. The maximum Gasteiger partial charge on any atom is 0.0619 e. The quantitative estimate of drug-likeness (QED) is 0.171. The number of rotatable bonds is 6. The highest BCUT2D eigenvalue weighted by molar-refractivity contribution is 7.25. The van der Waals surface area contributed by atoms with Crippen molar-refractivity contribution < 1.29 is 0 Å². The number of nitrogens with zero attached hydrogens (tertiary/aromatic N) is 2. The van der Waals surface area contributed by atoms with Crippen LogP contribution in [0.3, 0.4) is 0 Å². The third kappa shape index (κ3) is 5.01. The van der Waals surface area contributed by atoms with Gasteiger partial charge in [0.1, 0.15) is 0 Å². The number of hydrogen-bond acceptors (Lipinski definition) is 2. The predicted octanol–water partition coefficient (Wildman–Crippen LogP) is 14.0. The lowest BCUT2D eigenvalue weighted by Crippen LogP contribution is -2.09. The molecule has 10 rings (SSSR count). The van der Waals surface area contributed by atoms with Crippen molar-refractivity contribution in [2.45, 2.75) is 0 Å². The SMILES string of the molecule is c1ccc(-c2ccc(N(c3ccc(-c4cccc5c6ccccc6n(-c6ccccc6)c45)cc3)c3ccc4sc5ccccc5c4c3)cc2)cc1. The molecule has 2 heterocycles. The lowest BCUT2D eigenvalue weighted by atomic mass is 10.0. The first-order chi connectivity index (χ1) is 25.3. The van der Waals surface area contributed by atoms with Crippen LogP contribution < -0.4 is 4.90 Å². The van der Waals surface area contributed by atoms with E-state index in [9.17, 15) is 0 Å². The molecule has 0 aliphatic carbocycles. The minimum atomic E-state index is 1.11. The minimum absolute atomic E-state index is 1.11. The Kier molecular flexibility index (Phi) is 7.04. The van der Waals surface area contributed by atoms with E-state index in [1.807, 2.05) is 11.3 Å². The van der Waals surface area contributed by atoms with Gasteiger partial charge >= 0.3 is 0 Å². The Labute approximate surface area is 300 Å². The first kappa shape index (κ1) is 29.5. The predicted molar refractivity (Wildman–Crippen MR) is 219 cm³/mol. The summed E-state index contributed by atoms with van der Waals surface area (Å²) in [5, 5.41) is 5.11. The van der Waals surface area contributed by atoms with Crippen molar-refractivity contribution in [1.82, 2.24) is 4.57 Å². The molecule has 0 fully saturated rings. The molecule has 8 aromatic carbocycles. The number of para-hydroxylation sites is 3. The van der Waals surface area contributed by atoms with Gasteiger partial charge in [0.15, 0.2) is 0 Å². The summed E-state index contributed by atoms with van der Waals surface area (Å²) in [6.45, 7) is 0. The van der Waals surface area contributed by atoms with Crippen LogP contribution >= 0.6 is 11.3 Å². The second kappa shape index (κ2) is 12.2. The van der Waals surface area contributed by atoms with E-state index in [0.29, 0.717) is 0 Å². The second-order valence-electron chi connectivity index (χ2n) is 13.0. The molecule has 240 valence electrons. The number of benzene rings is 8. The molecular formula is C48H32N2S. The molecule has 10 aromatic rings. The zero-order chi connectivity index (χ0) is 33.7. The fourth-order valence-corrected chi connectivity index (χ4v) is 8.71. The van der Waals surface area contributed by atoms with Crippen LogP contribution in [0, 0.1) is 0 Å². The van der Waals surface area contributed by atoms with Gasteiger partial charge in [-0.15, -0.1) is 11.3 Å². The lowest BCUT2D eigenvalue weighted by molar-refractivity contribution is 1.18. The zero-order valence-electron chi connectivity index (χ0n) is 27.8. The van der Waals surface area contributed by atoms with Gasteiger partial charge in [-0.05, 0) is 83.4 Å². The first-order valence-corrected chi connectivity index (χ1v) is 18.2. The standard InChI is InChI=1S/C48H32N2S/c1-3-12-33(13-4-1)34-22-26-37(27-23-34)49(39-30-31-47-44(32-39)42-17-8-10-21-46(42)51-47)38-28-24-35(25-29-38)40-18-11-19-43-41-16-7-9-20-45(41)50(48(40)43)36-14-5-2-6-15-36/h1-32H. The van der Waals surface area contributed by atoms with E-state index < -0.39 is 0 Å². The number of aromatic nitrogens is 1. The van der Waals surface area contributed by atoms with Gasteiger partial charge in [0.05, 0.1) is 11.0 Å². The van der Waals surface area contributed by atoms with Crippen molar-refractivity contribution in [3.63, 3.8) is 0 Å². The topological polar surface area (TPSA) is 8.17 Å². The fourth-order valence-electron chi connectivity index (χ4n) is 7.62. The molecule has 0 spiro atoms. The van der Waals surface area contributed by atoms with Gasteiger partial charge in [-0.3, -0.25) is 0 Å². The van der Waals surface area contributed by atoms with Gasteiger partial charge in [0.25, 0.3) is 0 Å². The summed E-state index contributed by atoms with van der Waals surface area (Å²) < 4.78 is 5.03. The van der Waals surface area contributed by atoms with Crippen molar-refractivity contribution in [2.75, 3.05) is 4.90 Å². The summed E-state index contributed by atoms with van der Waals surface area (Å²) in [6.07, 6.45) is 0. The van der Waals surface area contributed by atoms with Gasteiger partial charge in [-0.1, -0.05) is 127 Å². The van der Waals surface area contributed by atoms with E-state index in [-0.39, 0.29) is 0 Å². The van der Waals surface area contributed by atoms with Crippen molar-refractivity contribution >= 4 is 70.4 Å². The molecule has 51 heavy (non-hydrogen) atoms. The monoisotopic (exact) mass is 668 g/mol. The summed E-state index contributed by atoms with van der Waals surface area (Å²) in [6, 6.07) is 70.4. The van der Waals surface area contributed by atoms with Crippen LogP contribution in [0.1, 0.15) is 0 Å². The molecule has 2 aromatic heterocycles. The zero-order valence-corrected chi connectivity index (χ0v) is 28.6. The van der Waals surface area contributed by atoms with Crippen molar-refractivity contribution in [2.24, 2.45) is 0 Å². The number of thiophene rings is 1. The lowest BCUT2D eigenvalue weighted by Gasteiger charge is -2.26. The molecule has 0 aliphatic heterocycles. The largest absolute Gasteiger partial charge is 0.310 e. The van der Waals surface area contributed by atoms with E-state index >= 15 is 0 Å². The number of fused-ring (bicyclic) bond motifs is 6. The molecule has 2 nitrogen and oxygen atoms in total. The van der Waals surface area contributed by atoms with E-state index in [1.54, 1.807) is 0 Å². The average molecular weight is 669 g/mol. The first-order valence-electron chi connectivity index (χ1n) is 17.4. The molecule has 3 heteroatoms. The van der Waals surface area contributed by atoms with Gasteiger partial charge in [0, 0.05) is 59.3 Å². The van der Waals surface area contributed by atoms with Crippen LogP contribution in [0.4, 0.5) is 17.1 Å². The van der Waals surface area contributed by atoms with E-state index in [1.165, 1.54) is 64.2 Å². The number of hydrogen-bond donors (Lipinski definition) is 0. The third-order valence-electron chi connectivity index (χ3n) is 10.00. The highest BCUT2D eigenvalue weighted by Gasteiger charge is 2.18. The Balaban J connectivity index is 1.13. The summed E-state index contributed by atoms with van der Waals surface area (Å²) in [5.41, 5.74) is 11.8. The normalized spacial score (nSPS) is 11.5. The Bertz CT molecular complexity index is 2830. The van der Waals surface area contributed by atoms with Crippen LogP contribution in [0.2, 0.25) is 0 Å². The van der Waals surface area contributed by atoms with Crippen LogP contribution in [-0.4, -0.2) is 4.57 Å². The molecule has 0 atom stereocenters. The summed E-state index contributed by atoms with van der Waals surface area (Å²) in [5.74, 6) is 0. The van der Waals surface area contributed by atoms with E-state index in [0.717, 1.165) is 22.7 Å². The molecule has 0 aliphatic rings. The highest BCUT2D eigenvalue weighted by Crippen LogP contribution is 2.43. The van der Waals surface area contributed by atoms with Gasteiger partial charge in [-0.2, -0.15) is 0 Å². The summed E-state index contributed by atoms with van der Waals surface area (Å²) in [7, 11) is 0. The van der Waals surface area contributed by atoms with Crippen LogP contribution in [0.25, 0.3) is 69.9 Å². The van der Waals surface area contributed by atoms with Gasteiger partial charge in [0.2, 0.25) is 0 Å². The van der Waals surface area contributed by atoms with Crippen LogP contribution in [0.15, 0.2) is 194 Å². The molecular weight excluding hydrogens is 637 g/mol. The Morgan fingerprint density at radius 1 is 0.373 bits per heavy atom. The minimum Gasteiger partial charge on any atom is -0.310 e. The highest BCUT2D eigenvalue weighted by atomic mass is 32.1. The molecule has 0 radical (unpaired) electrons. The third-order valence-corrected chi connectivity index (χ3v) is 11.1. The van der Waals surface area contributed by atoms with Crippen molar-refractivity contribution in [1.29, 1.82) is 0 Å². The van der Waals surface area contributed by atoms with Crippen LogP contribution in [0.5, 0.6) is 0 Å². The molecule has 0 saturated carbocycles. The fraction of sp³-hybridized carbons (Fsp3) is 0. The molecule has 0 unspecified atom stereocenters. The van der Waals surface area contributed by atoms with Crippen LogP contribution in [-0.2, 0) is 0 Å². The van der Waals surface area contributed by atoms with Crippen molar-refractivity contribution in [3.8, 4) is 27.9 Å². The van der Waals surface area contributed by atoms with E-state index in [2.05, 4.69) is 204 Å².